The molecule has 4 heterocycles. The highest BCUT2D eigenvalue weighted by Gasteiger charge is 2.21. The van der Waals surface area contributed by atoms with Crippen LogP contribution in [0.25, 0.3) is 94.7 Å². The molecule has 0 amide bonds. The van der Waals surface area contributed by atoms with E-state index in [9.17, 15) is 0 Å². The second-order valence-electron chi connectivity index (χ2n) is 14.4. The lowest BCUT2D eigenvalue weighted by Crippen LogP contribution is -2.00. The maximum absolute atomic E-state index is 6.55. The molecule has 7 heteroatoms. The van der Waals surface area contributed by atoms with Crippen molar-refractivity contribution in [3.63, 3.8) is 0 Å². The van der Waals surface area contributed by atoms with Crippen molar-refractivity contribution in [1.82, 2.24) is 19.5 Å². The third kappa shape index (κ3) is 5.18. The van der Waals surface area contributed by atoms with Crippen molar-refractivity contribution in [1.29, 1.82) is 0 Å². The summed E-state index contributed by atoms with van der Waals surface area (Å²) in [6.45, 7) is 0. The minimum atomic E-state index is 0.560. The van der Waals surface area contributed by atoms with E-state index in [1.54, 1.807) is 0 Å². The van der Waals surface area contributed by atoms with E-state index < -0.39 is 0 Å². The van der Waals surface area contributed by atoms with Crippen molar-refractivity contribution in [2.75, 3.05) is 0 Å². The minimum absolute atomic E-state index is 0.560. The zero-order chi connectivity index (χ0) is 38.2. The van der Waals surface area contributed by atoms with Crippen LogP contribution in [0.4, 0.5) is 0 Å². The molecule has 0 bridgehead atoms. The number of furan rings is 1. The molecule has 0 atom stereocenters. The highest BCUT2D eigenvalue weighted by atomic mass is 16.6. The Labute approximate surface area is 332 Å². The van der Waals surface area contributed by atoms with Gasteiger partial charge in [-0.05, 0) is 90.0 Å². The molecule has 7 nitrogen and oxygen atoms in total. The normalized spacial score (nSPS) is 12.1. The SMILES string of the molecule is c1ccc(-c2nc(-c3ccc(-n4c5ccccc5c5ccccc54)cc3)nc(-c3ccc4c(c3)oc3cccc(-c5ccc6c(c5)Oc5ccccc5O6)c34)n2)cc1. The van der Waals surface area contributed by atoms with Crippen LogP contribution >= 0.6 is 0 Å². The van der Waals surface area contributed by atoms with Crippen LogP contribution in [-0.4, -0.2) is 19.5 Å². The molecule has 0 unspecified atom stereocenters. The molecule has 58 heavy (non-hydrogen) atoms. The first-order valence-electron chi connectivity index (χ1n) is 19.2. The van der Waals surface area contributed by atoms with E-state index in [0.717, 1.165) is 66.5 Å². The number of ether oxygens (including phenoxy) is 2. The van der Waals surface area contributed by atoms with Gasteiger partial charge < -0.3 is 18.5 Å². The van der Waals surface area contributed by atoms with Crippen LogP contribution in [0.2, 0.25) is 0 Å². The van der Waals surface area contributed by atoms with Crippen LogP contribution in [0.5, 0.6) is 23.0 Å². The Morgan fingerprint density at radius 3 is 1.66 bits per heavy atom. The number of para-hydroxylation sites is 4. The van der Waals surface area contributed by atoms with Crippen LogP contribution in [0.1, 0.15) is 0 Å². The third-order valence-corrected chi connectivity index (χ3v) is 10.9. The van der Waals surface area contributed by atoms with Crippen LogP contribution in [0.15, 0.2) is 186 Å². The van der Waals surface area contributed by atoms with Crippen LogP contribution in [-0.2, 0) is 0 Å². The summed E-state index contributed by atoms with van der Waals surface area (Å²) in [6.07, 6.45) is 0. The largest absolute Gasteiger partial charge is 0.456 e. The van der Waals surface area contributed by atoms with E-state index in [1.807, 2.05) is 84.9 Å². The Morgan fingerprint density at radius 1 is 0.362 bits per heavy atom. The van der Waals surface area contributed by atoms with Crippen molar-refractivity contribution >= 4 is 43.7 Å². The molecule has 12 rings (SSSR count). The summed E-state index contributed by atoms with van der Waals surface area (Å²) in [6, 6.07) is 61.6. The molecule has 1 aliphatic heterocycles. The molecule has 0 N–H and O–H groups in total. The first-order chi connectivity index (χ1) is 28.7. The maximum atomic E-state index is 6.55. The second-order valence-corrected chi connectivity index (χ2v) is 14.4. The molecule has 272 valence electrons. The van der Waals surface area contributed by atoms with Gasteiger partial charge in [-0.25, -0.2) is 15.0 Å². The van der Waals surface area contributed by atoms with E-state index in [-0.39, 0.29) is 0 Å². The number of hydrogen-bond donors (Lipinski definition) is 0. The quantitative estimate of drug-likeness (QED) is 0.175. The van der Waals surface area contributed by atoms with Gasteiger partial charge in [-0.3, -0.25) is 0 Å². The Balaban J connectivity index is 0.946. The number of rotatable bonds is 5. The fraction of sp³-hybridized carbons (Fsp3) is 0. The summed E-state index contributed by atoms with van der Waals surface area (Å²) in [5, 5.41) is 4.46. The third-order valence-electron chi connectivity index (χ3n) is 10.9. The monoisotopic (exact) mass is 746 g/mol. The summed E-state index contributed by atoms with van der Waals surface area (Å²) in [7, 11) is 0. The first-order valence-corrected chi connectivity index (χ1v) is 19.2. The molecular weight excluding hydrogens is 717 g/mol. The van der Waals surface area contributed by atoms with Gasteiger partial charge in [0.15, 0.2) is 40.5 Å². The van der Waals surface area contributed by atoms with E-state index >= 15 is 0 Å². The minimum Gasteiger partial charge on any atom is -0.456 e. The van der Waals surface area contributed by atoms with Gasteiger partial charge in [0, 0.05) is 43.9 Å². The van der Waals surface area contributed by atoms with Gasteiger partial charge in [0.1, 0.15) is 11.2 Å². The number of aromatic nitrogens is 4. The summed E-state index contributed by atoms with van der Waals surface area (Å²) < 4.78 is 21.2. The highest BCUT2D eigenvalue weighted by molar-refractivity contribution is 6.13. The van der Waals surface area contributed by atoms with Crippen LogP contribution in [0.3, 0.4) is 0 Å². The maximum Gasteiger partial charge on any atom is 0.170 e. The predicted molar refractivity (Wildman–Crippen MR) is 230 cm³/mol. The molecule has 8 aromatic carbocycles. The topological polar surface area (TPSA) is 75.2 Å². The number of fused-ring (bicyclic) bond motifs is 8. The fourth-order valence-electron chi connectivity index (χ4n) is 8.21. The van der Waals surface area contributed by atoms with Gasteiger partial charge >= 0.3 is 0 Å². The fourth-order valence-corrected chi connectivity index (χ4v) is 8.21. The molecule has 0 saturated heterocycles. The van der Waals surface area contributed by atoms with E-state index in [1.165, 1.54) is 10.8 Å². The molecule has 0 radical (unpaired) electrons. The summed E-state index contributed by atoms with van der Waals surface area (Å²) in [5.74, 6) is 4.50. The molecule has 0 fully saturated rings. The lowest BCUT2D eigenvalue weighted by molar-refractivity contribution is 0.360. The average Bonchev–Trinajstić information content (AvgIpc) is 3.84. The van der Waals surface area contributed by atoms with Crippen molar-refractivity contribution in [2.45, 2.75) is 0 Å². The zero-order valence-corrected chi connectivity index (χ0v) is 30.8. The van der Waals surface area contributed by atoms with Crippen LogP contribution in [0, 0.1) is 0 Å². The summed E-state index contributed by atoms with van der Waals surface area (Å²) in [4.78, 5) is 15.1. The van der Waals surface area contributed by atoms with E-state index in [4.69, 9.17) is 28.8 Å². The summed E-state index contributed by atoms with van der Waals surface area (Å²) in [5.41, 5.74) is 9.58. The molecule has 0 aliphatic carbocycles. The number of hydrogen-bond acceptors (Lipinski definition) is 6. The standard InChI is InChI=1S/C51H30N4O3/c1-2-11-31(12-3-1)49-52-50(32-21-25-35(26-22-32)55-40-16-6-4-13-37(40)38-14-5-7-17-41(38)55)54-51(53-49)34-23-27-39-46(30-34)58-45-20-10-15-36(48(39)45)33-24-28-44-47(29-33)57-43-19-9-8-18-42(43)56-44/h1-30H. The molecule has 1 aliphatic rings. The highest BCUT2D eigenvalue weighted by Crippen LogP contribution is 2.47. The zero-order valence-electron chi connectivity index (χ0n) is 30.8. The van der Waals surface area contributed by atoms with Crippen molar-refractivity contribution in [2.24, 2.45) is 0 Å². The van der Waals surface area contributed by atoms with E-state index in [0.29, 0.717) is 40.5 Å². The number of benzene rings is 8. The Bertz CT molecular complexity index is 3350. The van der Waals surface area contributed by atoms with Crippen molar-refractivity contribution < 1.29 is 13.9 Å². The smallest absolute Gasteiger partial charge is 0.170 e. The Morgan fingerprint density at radius 2 is 0.931 bits per heavy atom. The lowest BCUT2D eigenvalue weighted by Gasteiger charge is -2.21. The van der Waals surface area contributed by atoms with Crippen LogP contribution < -0.4 is 9.47 Å². The van der Waals surface area contributed by atoms with E-state index in [2.05, 4.69) is 102 Å². The average molecular weight is 747 g/mol. The van der Waals surface area contributed by atoms with Gasteiger partial charge in [0.2, 0.25) is 0 Å². The lowest BCUT2D eigenvalue weighted by atomic mass is 9.98. The molecule has 0 spiro atoms. The number of nitrogens with zero attached hydrogens (tertiary/aromatic N) is 4. The van der Waals surface area contributed by atoms with Gasteiger partial charge in [0.25, 0.3) is 0 Å². The Hall–Kier alpha value is -8.03. The van der Waals surface area contributed by atoms with Gasteiger partial charge in [-0.2, -0.15) is 0 Å². The van der Waals surface area contributed by atoms with Gasteiger partial charge in [-0.1, -0.05) is 103 Å². The Kier molecular flexibility index (Phi) is 7.09. The van der Waals surface area contributed by atoms with Crippen molar-refractivity contribution in [3.05, 3.63) is 182 Å². The molecule has 0 saturated carbocycles. The summed E-state index contributed by atoms with van der Waals surface area (Å²) >= 11 is 0. The predicted octanol–water partition coefficient (Wildman–Crippen LogP) is 13.4. The second kappa shape index (κ2) is 12.8. The van der Waals surface area contributed by atoms with Crippen molar-refractivity contribution in [3.8, 4) is 74.0 Å². The van der Waals surface area contributed by atoms with Gasteiger partial charge in [-0.15, -0.1) is 0 Å². The molecule has 11 aromatic rings. The molecular formula is C51H30N4O3. The molecule has 3 aromatic heterocycles. The van der Waals surface area contributed by atoms with Gasteiger partial charge in [0.05, 0.1) is 11.0 Å². The first kappa shape index (κ1) is 32.2.